The van der Waals surface area contributed by atoms with Gasteiger partial charge in [-0.05, 0) is 25.5 Å². The van der Waals surface area contributed by atoms with Crippen molar-refractivity contribution >= 4 is 17.5 Å². The molecule has 1 saturated heterocycles. The van der Waals surface area contributed by atoms with Crippen LogP contribution in [0.1, 0.15) is 19.4 Å². The summed E-state index contributed by atoms with van der Waals surface area (Å²) in [6.45, 7) is 4.96. The minimum absolute atomic E-state index is 0.0561. The zero-order valence-electron chi connectivity index (χ0n) is 10.1. The van der Waals surface area contributed by atoms with Crippen LogP contribution in [0.4, 0.5) is 0 Å². The van der Waals surface area contributed by atoms with Crippen LogP contribution in [0.15, 0.2) is 24.3 Å². The molecule has 1 aromatic carbocycles. The van der Waals surface area contributed by atoms with Gasteiger partial charge in [0.05, 0.1) is 18.6 Å². The van der Waals surface area contributed by atoms with E-state index in [1.54, 1.807) is 11.0 Å². The lowest BCUT2D eigenvalue weighted by molar-refractivity contribution is -0.134. The van der Waals surface area contributed by atoms with E-state index in [9.17, 15) is 4.79 Å². The SMILES string of the molecule is CC1(C)COCN1C(=O)Cc1ccccc1Cl. The van der Waals surface area contributed by atoms with E-state index in [1.165, 1.54) is 0 Å². The van der Waals surface area contributed by atoms with E-state index in [1.807, 2.05) is 32.0 Å². The lowest BCUT2D eigenvalue weighted by atomic mass is 10.0. The van der Waals surface area contributed by atoms with Crippen molar-refractivity contribution in [2.24, 2.45) is 0 Å². The minimum atomic E-state index is -0.224. The number of benzene rings is 1. The Labute approximate surface area is 106 Å². The first kappa shape index (κ1) is 12.4. The van der Waals surface area contributed by atoms with Crippen molar-refractivity contribution in [1.29, 1.82) is 0 Å². The Morgan fingerprint density at radius 2 is 2.18 bits per heavy atom. The Morgan fingerprint density at radius 1 is 1.47 bits per heavy atom. The van der Waals surface area contributed by atoms with Crippen molar-refractivity contribution in [2.45, 2.75) is 25.8 Å². The predicted molar refractivity (Wildman–Crippen MR) is 66.9 cm³/mol. The summed E-state index contributed by atoms with van der Waals surface area (Å²) in [6.07, 6.45) is 0.326. The van der Waals surface area contributed by atoms with E-state index in [0.717, 1.165) is 5.56 Å². The van der Waals surface area contributed by atoms with Gasteiger partial charge >= 0.3 is 0 Å². The van der Waals surface area contributed by atoms with Crippen molar-refractivity contribution in [3.63, 3.8) is 0 Å². The predicted octanol–water partition coefficient (Wildman–Crippen LogP) is 2.48. The Kier molecular flexibility index (Phi) is 3.40. The number of amides is 1. The molecule has 0 aromatic heterocycles. The van der Waals surface area contributed by atoms with E-state index in [0.29, 0.717) is 24.8 Å². The summed E-state index contributed by atoms with van der Waals surface area (Å²) in [7, 11) is 0. The quantitative estimate of drug-likeness (QED) is 0.810. The van der Waals surface area contributed by atoms with Crippen LogP contribution in [0.25, 0.3) is 0 Å². The van der Waals surface area contributed by atoms with Gasteiger partial charge in [0.1, 0.15) is 6.73 Å². The molecule has 0 aliphatic carbocycles. The third-order valence-electron chi connectivity index (χ3n) is 3.01. The fourth-order valence-corrected chi connectivity index (χ4v) is 2.15. The highest BCUT2D eigenvalue weighted by Gasteiger charge is 2.36. The average molecular weight is 254 g/mol. The van der Waals surface area contributed by atoms with Crippen LogP contribution >= 0.6 is 11.6 Å². The lowest BCUT2D eigenvalue weighted by Crippen LogP contribution is -2.44. The summed E-state index contributed by atoms with van der Waals surface area (Å²) in [5, 5.41) is 0.638. The fourth-order valence-electron chi connectivity index (χ4n) is 1.95. The summed E-state index contributed by atoms with van der Waals surface area (Å²) in [4.78, 5) is 13.9. The maximum atomic E-state index is 12.2. The van der Waals surface area contributed by atoms with Gasteiger partial charge in [0.25, 0.3) is 0 Å². The molecule has 1 aliphatic heterocycles. The van der Waals surface area contributed by atoms with Gasteiger partial charge in [0, 0.05) is 5.02 Å². The van der Waals surface area contributed by atoms with Gasteiger partial charge in [-0.3, -0.25) is 4.79 Å². The molecule has 0 saturated carbocycles. The standard InChI is InChI=1S/C13H16ClNO2/c1-13(2)8-17-9-15(13)12(16)7-10-5-3-4-6-11(10)14/h3-6H,7-9H2,1-2H3. The first-order chi connectivity index (χ1) is 8.00. The van der Waals surface area contributed by atoms with Crippen molar-refractivity contribution in [1.82, 2.24) is 4.90 Å². The first-order valence-electron chi connectivity index (χ1n) is 5.62. The molecular weight excluding hydrogens is 238 g/mol. The monoisotopic (exact) mass is 253 g/mol. The number of carbonyl (C=O) groups is 1. The molecule has 0 N–H and O–H groups in total. The number of halogens is 1. The highest BCUT2D eigenvalue weighted by Crippen LogP contribution is 2.24. The molecule has 1 aromatic rings. The molecule has 0 spiro atoms. The van der Waals surface area contributed by atoms with Gasteiger partial charge in [-0.15, -0.1) is 0 Å². The maximum Gasteiger partial charge on any atom is 0.229 e. The molecule has 4 heteroatoms. The summed E-state index contributed by atoms with van der Waals surface area (Å²) in [6, 6.07) is 7.43. The molecule has 1 heterocycles. The molecule has 2 rings (SSSR count). The van der Waals surface area contributed by atoms with Gasteiger partial charge in [-0.1, -0.05) is 29.8 Å². The second kappa shape index (κ2) is 4.67. The number of nitrogens with zero attached hydrogens (tertiary/aromatic N) is 1. The summed E-state index contributed by atoms with van der Waals surface area (Å²) >= 11 is 6.04. The lowest BCUT2D eigenvalue weighted by Gasteiger charge is -2.29. The molecule has 17 heavy (non-hydrogen) atoms. The average Bonchev–Trinajstić information content (AvgIpc) is 2.61. The zero-order chi connectivity index (χ0) is 12.5. The Bertz CT molecular complexity index is 431. The van der Waals surface area contributed by atoms with Gasteiger partial charge in [-0.25, -0.2) is 0 Å². The Hall–Kier alpha value is -1.06. The van der Waals surface area contributed by atoms with E-state index >= 15 is 0 Å². The molecule has 92 valence electrons. The third kappa shape index (κ3) is 2.61. The first-order valence-corrected chi connectivity index (χ1v) is 6.00. The van der Waals surface area contributed by atoms with Crippen molar-refractivity contribution in [3.05, 3.63) is 34.9 Å². The van der Waals surface area contributed by atoms with Gasteiger partial charge in [0.15, 0.2) is 0 Å². The van der Waals surface area contributed by atoms with Crippen LogP contribution in [0, 0.1) is 0 Å². The van der Waals surface area contributed by atoms with Crippen molar-refractivity contribution < 1.29 is 9.53 Å². The Morgan fingerprint density at radius 3 is 2.76 bits per heavy atom. The number of ether oxygens (including phenoxy) is 1. The van der Waals surface area contributed by atoms with Crippen LogP contribution in [0.3, 0.4) is 0 Å². The molecular formula is C13H16ClNO2. The van der Waals surface area contributed by atoms with Crippen LogP contribution < -0.4 is 0 Å². The van der Waals surface area contributed by atoms with E-state index in [4.69, 9.17) is 16.3 Å². The van der Waals surface area contributed by atoms with Gasteiger partial charge in [0.2, 0.25) is 5.91 Å². The van der Waals surface area contributed by atoms with Crippen LogP contribution in [-0.4, -0.2) is 29.7 Å². The molecule has 1 fully saturated rings. The van der Waals surface area contributed by atoms with Gasteiger partial charge in [-0.2, -0.15) is 0 Å². The topological polar surface area (TPSA) is 29.5 Å². The highest BCUT2D eigenvalue weighted by molar-refractivity contribution is 6.31. The van der Waals surface area contributed by atoms with Crippen LogP contribution in [0.2, 0.25) is 5.02 Å². The minimum Gasteiger partial charge on any atom is -0.359 e. The zero-order valence-corrected chi connectivity index (χ0v) is 10.8. The van der Waals surface area contributed by atoms with Crippen LogP contribution in [-0.2, 0) is 16.0 Å². The number of hydrogen-bond acceptors (Lipinski definition) is 2. The molecule has 1 aliphatic rings. The van der Waals surface area contributed by atoms with E-state index < -0.39 is 0 Å². The third-order valence-corrected chi connectivity index (χ3v) is 3.38. The highest BCUT2D eigenvalue weighted by atomic mass is 35.5. The number of rotatable bonds is 2. The van der Waals surface area contributed by atoms with Crippen molar-refractivity contribution in [3.8, 4) is 0 Å². The smallest absolute Gasteiger partial charge is 0.229 e. The summed E-state index contributed by atoms with van der Waals surface area (Å²) in [5.41, 5.74) is 0.639. The molecule has 0 radical (unpaired) electrons. The number of hydrogen-bond donors (Lipinski definition) is 0. The Balaban J connectivity index is 2.10. The fraction of sp³-hybridized carbons (Fsp3) is 0.462. The second-order valence-electron chi connectivity index (χ2n) is 4.88. The molecule has 0 unspecified atom stereocenters. The summed E-state index contributed by atoms with van der Waals surface area (Å²) in [5.74, 6) is 0.0561. The molecule has 0 bridgehead atoms. The van der Waals surface area contributed by atoms with E-state index in [2.05, 4.69) is 0 Å². The van der Waals surface area contributed by atoms with Crippen molar-refractivity contribution in [2.75, 3.05) is 13.3 Å². The molecule has 1 amide bonds. The summed E-state index contributed by atoms with van der Waals surface area (Å²) < 4.78 is 5.33. The second-order valence-corrected chi connectivity index (χ2v) is 5.29. The van der Waals surface area contributed by atoms with Crippen LogP contribution in [0.5, 0.6) is 0 Å². The van der Waals surface area contributed by atoms with E-state index in [-0.39, 0.29) is 11.4 Å². The molecule has 3 nitrogen and oxygen atoms in total. The molecule has 0 atom stereocenters. The maximum absolute atomic E-state index is 12.2. The number of carbonyl (C=O) groups excluding carboxylic acids is 1. The van der Waals surface area contributed by atoms with Gasteiger partial charge < -0.3 is 9.64 Å². The normalized spacial score (nSPS) is 18.4. The largest absolute Gasteiger partial charge is 0.359 e.